The molecule has 0 saturated carbocycles. The van der Waals surface area contributed by atoms with E-state index in [1.807, 2.05) is 0 Å². The number of rotatable bonds is 6. The third kappa shape index (κ3) is 5.63. The van der Waals surface area contributed by atoms with E-state index in [1.165, 1.54) is 32.9 Å². The summed E-state index contributed by atoms with van der Waals surface area (Å²) >= 11 is 0. The second-order valence-corrected chi connectivity index (χ2v) is 16.4. The van der Waals surface area contributed by atoms with Gasteiger partial charge in [-0.1, -0.05) is 158 Å². The summed E-state index contributed by atoms with van der Waals surface area (Å²) in [5.41, 5.74) is 16.7. The van der Waals surface area contributed by atoms with Gasteiger partial charge in [0.05, 0.1) is 22.4 Å². The lowest BCUT2D eigenvalue weighted by Crippen LogP contribution is -2.57. The number of hydrogen-bond donors (Lipinski definition) is 0. The highest BCUT2D eigenvalue weighted by Crippen LogP contribution is 2.47. The summed E-state index contributed by atoms with van der Waals surface area (Å²) in [6, 6.07) is 80.1. The highest BCUT2D eigenvalue weighted by Gasteiger charge is 2.42. The number of benzene rings is 9. The highest BCUT2D eigenvalue weighted by molar-refractivity contribution is 6.98. The summed E-state index contributed by atoms with van der Waals surface area (Å²) in [5.74, 6) is 3.40. The first-order chi connectivity index (χ1) is 31.2. The molecule has 9 aromatic carbocycles. The van der Waals surface area contributed by atoms with Gasteiger partial charge in [-0.05, 0) is 99.9 Å². The van der Waals surface area contributed by atoms with Gasteiger partial charge in [0, 0.05) is 38.7 Å². The van der Waals surface area contributed by atoms with E-state index in [-0.39, 0.29) is 6.71 Å². The standard InChI is InChI=1S/C58H37BN2O2/c1-3-15-40(16-4-1)52-35-42-19-7-11-23-50(42)60(52)44-31-27-38(28-32-44)46-37-47(58-56-57(46)62-54-25-13-9-21-48(54)59(56)49-22-10-14-26-55(49)63-58)39-29-33-45(34-30-39)61-51-24-12-8-20-43(51)36-53(61)41-17-5-2-6-18-41/h1-37H. The molecule has 2 aromatic heterocycles. The van der Waals surface area contributed by atoms with Crippen molar-refractivity contribution in [3.63, 3.8) is 0 Å². The van der Waals surface area contributed by atoms with Crippen molar-refractivity contribution in [2.75, 3.05) is 0 Å². The molecule has 0 saturated heterocycles. The van der Waals surface area contributed by atoms with Gasteiger partial charge < -0.3 is 18.6 Å². The van der Waals surface area contributed by atoms with E-state index >= 15 is 0 Å². The fourth-order valence-corrected chi connectivity index (χ4v) is 9.99. The van der Waals surface area contributed by atoms with Crippen molar-refractivity contribution in [2.24, 2.45) is 0 Å². The van der Waals surface area contributed by atoms with Crippen LogP contribution in [0, 0.1) is 0 Å². The number of fused-ring (bicyclic) bond motifs is 6. The van der Waals surface area contributed by atoms with Gasteiger partial charge in [-0.3, -0.25) is 0 Å². The van der Waals surface area contributed by atoms with Crippen LogP contribution in [0.25, 0.3) is 77.9 Å². The molecule has 0 atom stereocenters. The summed E-state index contributed by atoms with van der Waals surface area (Å²) in [6.07, 6.45) is 0. The van der Waals surface area contributed by atoms with Crippen molar-refractivity contribution in [3.8, 4) is 79.1 Å². The first-order valence-corrected chi connectivity index (χ1v) is 21.5. The van der Waals surface area contributed by atoms with Crippen LogP contribution < -0.4 is 25.9 Å². The summed E-state index contributed by atoms with van der Waals surface area (Å²) in [5, 5.41) is 2.41. The normalized spacial score (nSPS) is 12.3. The molecule has 0 fully saturated rings. The number of aromatic nitrogens is 2. The Morgan fingerprint density at radius 1 is 0.333 bits per heavy atom. The Balaban J connectivity index is 0.998. The van der Waals surface area contributed by atoms with E-state index in [0.29, 0.717) is 0 Å². The van der Waals surface area contributed by atoms with Crippen molar-refractivity contribution in [1.82, 2.24) is 9.13 Å². The van der Waals surface area contributed by atoms with Crippen LogP contribution >= 0.6 is 0 Å². The predicted octanol–water partition coefficient (Wildman–Crippen LogP) is 13.0. The Kier molecular flexibility index (Phi) is 7.97. The Labute approximate surface area is 365 Å². The highest BCUT2D eigenvalue weighted by atomic mass is 16.5. The van der Waals surface area contributed by atoms with E-state index in [2.05, 4.69) is 234 Å². The van der Waals surface area contributed by atoms with E-state index in [4.69, 9.17) is 9.47 Å². The Hall–Kier alpha value is -8.28. The minimum atomic E-state index is -0.0681. The summed E-state index contributed by atoms with van der Waals surface area (Å²) < 4.78 is 18.8. The molecule has 4 nitrogen and oxygen atoms in total. The van der Waals surface area contributed by atoms with Crippen LogP contribution in [0.2, 0.25) is 0 Å². The fraction of sp³-hybridized carbons (Fsp3) is 0. The van der Waals surface area contributed by atoms with E-state index < -0.39 is 0 Å². The molecule has 2 aliphatic heterocycles. The van der Waals surface area contributed by atoms with Gasteiger partial charge >= 0.3 is 0 Å². The molecule has 0 N–H and O–H groups in total. The summed E-state index contributed by atoms with van der Waals surface area (Å²) in [4.78, 5) is 0. The lowest BCUT2D eigenvalue weighted by atomic mass is 9.34. The second kappa shape index (κ2) is 14.2. The van der Waals surface area contributed by atoms with Crippen molar-refractivity contribution >= 4 is 44.9 Å². The molecule has 0 amide bonds. The average Bonchev–Trinajstić information content (AvgIpc) is 3.94. The largest absolute Gasteiger partial charge is 0.458 e. The van der Waals surface area contributed by atoms with E-state index in [0.717, 1.165) is 84.4 Å². The maximum absolute atomic E-state index is 7.03. The van der Waals surface area contributed by atoms with Crippen LogP contribution in [0.1, 0.15) is 0 Å². The molecule has 0 bridgehead atoms. The topological polar surface area (TPSA) is 28.3 Å². The Bertz CT molecular complexity index is 3320. The molecular formula is C58H37BN2O2. The third-order valence-corrected chi connectivity index (χ3v) is 12.9. The zero-order chi connectivity index (χ0) is 41.4. The van der Waals surface area contributed by atoms with Crippen molar-refractivity contribution < 1.29 is 9.47 Å². The van der Waals surface area contributed by atoms with Crippen LogP contribution in [0.15, 0.2) is 224 Å². The van der Waals surface area contributed by atoms with Crippen LogP contribution in [0.5, 0.6) is 23.0 Å². The van der Waals surface area contributed by atoms with Gasteiger partial charge in [0.25, 0.3) is 6.71 Å². The van der Waals surface area contributed by atoms with Crippen molar-refractivity contribution in [1.29, 1.82) is 0 Å². The number of para-hydroxylation sites is 4. The van der Waals surface area contributed by atoms with E-state index in [1.54, 1.807) is 0 Å². The number of nitrogens with zero attached hydrogens (tertiary/aromatic N) is 2. The first-order valence-electron chi connectivity index (χ1n) is 21.5. The zero-order valence-electron chi connectivity index (χ0n) is 34.2. The molecule has 0 radical (unpaired) electrons. The minimum Gasteiger partial charge on any atom is -0.458 e. The predicted molar refractivity (Wildman–Crippen MR) is 260 cm³/mol. The molecule has 0 unspecified atom stereocenters. The lowest BCUT2D eigenvalue weighted by molar-refractivity contribution is 0.467. The maximum atomic E-state index is 7.03. The monoisotopic (exact) mass is 804 g/mol. The average molecular weight is 805 g/mol. The van der Waals surface area contributed by atoms with Crippen molar-refractivity contribution in [3.05, 3.63) is 224 Å². The smallest absolute Gasteiger partial charge is 0.260 e. The second-order valence-electron chi connectivity index (χ2n) is 16.4. The minimum absolute atomic E-state index is 0.0681. The van der Waals surface area contributed by atoms with E-state index in [9.17, 15) is 0 Å². The maximum Gasteiger partial charge on any atom is 0.260 e. The fourth-order valence-electron chi connectivity index (χ4n) is 9.99. The van der Waals surface area contributed by atoms with Crippen molar-refractivity contribution in [2.45, 2.75) is 0 Å². The Morgan fingerprint density at radius 3 is 1.19 bits per heavy atom. The molecule has 63 heavy (non-hydrogen) atoms. The van der Waals surface area contributed by atoms with Gasteiger partial charge in [0.15, 0.2) is 0 Å². The molecule has 4 heterocycles. The van der Waals surface area contributed by atoms with Crippen LogP contribution in [0.4, 0.5) is 0 Å². The zero-order valence-corrected chi connectivity index (χ0v) is 34.2. The molecule has 0 spiro atoms. The molecular weight excluding hydrogens is 767 g/mol. The third-order valence-electron chi connectivity index (χ3n) is 12.9. The van der Waals surface area contributed by atoms with Crippen LogP contribution in [0.3, 0.4) is 0 Å². The van der Waals surface area contributed by atoms with Crippen LogP contribution in [-0.2, 0) is 0 Å². The molecule has 11 aromatic rings. The molecule has 2 aliphatic rings. The summed E-state index contributed by atoms with van der Waals surface area (Å²) in [7, 11) is 0. The summed E-state index contributed by atoms with van der Waals surface area (Å²) in [6.45, 7) is -0.0681. The molecule has 5 heteroatoms. The van der Waals surface area contributed by atoms with Gasteiger partial charge in [0.1, 0.15) is 23.0 Å². The molecule has 0 aliphatic carbocycles. The number of ether oxygens (including phenoxy) is 2. The van der Waals surface area contributed by atoms with Gasteiger partial charge in [-0.15, -0.1) is 0 Å². The Morgan fingerprint density at radius 2 is 0.730 bits per heavy atom. The van der Waals surface area contributed by atoms with Gasteiger partial charge in [0.2, 0.25) is 0 Å². The molecule has 294 valence electrons. The lowest BCUT2D eigenvalue weighted by Gasteiger charge is -2.35. The number of hydrogen-bond acceptors (Lipinski definition) is 2. The molecule has 13 rings (SSSR count). The van der Waals surface area contributed by atoms with Gasteiger partial charge in [-0.25, -0.2) is 0 Å². The van der Waals surface area contributed by atoms with Crippen LogP contribution in [-0.4, -0.2) is 15.8 Å². The quantitative estimate of drug-likeness (QED) is 0.157. The SMILES string of the molecule is c1ccc(-c2cc3ccccc3n2-c2ccc(-c3cc(-c4ccc(-n5c(-c6ccccc6)cc6ccccc65)cc4)c4c5c3Oc3ccccc3B5c3ccccc3O4)cc2)cc1. The van der Waals surface area contributed by atoms with Gasteiger partial charge in [-0.2, -0.15) is 0 Å². The first kappa shape index (κ1) is 35.5.